The number of fused-ring (bicyclic) bond motifs is 1. The molecular formula is C12H6Cl2IN3O2. The number of nitrogens with zero attached hydrogens (tertiary/aromatic N) is 2. The summed E-state index contributed by atoms with van der Waals surface area (Å²) in [7, 11) is 0. The van der Waals surface area contributed by atoms with E-state index in [0.717, 1.165) is 3.57 Å². The van der Waals surface area contributed by atoms with Gasteiger partial charge in [0.2, 0.25) is 0 Å². The Morgan fingerprint density at radius 1 is 1.35 bits per heavy atom. The highest BCUT2D eigenvalue weighted by Crippen LogP contribution is 2.31. The standard InChI is InChI=1S/C12H6Cl2IN3O2/c13-5-3-16-18(4-5)10-11(19)6-1-8(15)7(14)2-9(6)17-12(10)20/h1-4H,(H2,17,19,20). The fourth-order valence-electron chi connectivity index (χ4n) is 1.90. The zero-order valence-corrected chi connectivity index (χ0v) is 13.4. The third kappa shape index (κ3) is 2.17. The summed E-state index contributed by atoms with van der Waals surface area (Å²) < 4.78 is 2.00. The minimum atomic E-state index is -0.480. The molecular weight excluding hydrogens is 416 g/mol. The normalized spacial score (nSPS) is 11.2. The van der Waals surface area contributed by atoms with Crippen molar-refractivity contribution < 1.29 is 5.11 Å². The number of aromatic nitrogens is 3. The number of benzene rings is 1. The lowest BCUT2D eigenvalue weighted by atomic mass is 10.2. The fraction of sp³-hybridized carbons (Fsp3) is 0. The molecule has 0 fully saturated rings. The van der Waals surface area contributed by atoms with Gasteiger partial charge in [-0.15, -0.1) is 0 Å². The molecule has 0 aliphatic carbocycles. The average Bonchev–Trinajstić information content (AvgIpc) is 2.79. The molecule has 2 N–H and O–H groups in total. The number of aromatic amines is 1. The second-order valence-corrected chi connectivity index (χ2v) is 6.07. The molecule has 0 amide bonds. The Kier molecular flexibility index (Phi) is 3.39. The van der Waals surface area contributed by atoms with E-state index in [1.807, 2.05) is 22.6 Å². The third-order valence-electron chi connectivity index (χ3n) is 2.78. The van der Waals surface area contributed by atoms with Gasteiger partial charge in [0.05, 0.1) is 21.8 Å². The molecule has 0 radical (unpaired) electrons. The van der Waals surface area contributed by atoms with E-state index in [1.165, 1.54) is 17.1 Å². The molecule has 5 nitrogen and oxygen atoms in total. The predicted octanol–water partition coefficient (Wildman–Crippen LogP) is 3.33. The van der Waals surface area contributed by atoms with Crippen LogP contribution in [0.15, 0.2) is 29.3 Å². The molecule has 0 spiro atoms. The van der Waals surface area contributed by atoms with E-state index in [2.05, 4.69) is 10.1 Å². The molecule has 0 atom stereocenters. The van der Waals surface area contributed by atoms with Gasteiger partial charge in [-0.1, -0.05) is 23.2 Å². The largest absolute Gasteiger partial charge is 0.505 e. The Morgan fingerprint density at radius 2 is 2.10 bits per heavy atom. The summed E-state index contributed by atoms with van der Waals surface area (Å²) in [4.78, 5) is 14.8. The van der Waals surface area contributed by atoms with Crippen molar-refractivity contribution in [2.24, 2.45) is 0 Å². The molecule has 20 heavy (non-hydrogen) atoms. The van der Waals surface area contributed by atoms with Crippen molar-refractivity contribution >= 4 is 56.7 Å². The number of hydrogen-bond acceptors (Lipinski definition) is 3. The van der Waals surface area contributed by atoms with E-state index in [1.54, 1.807) is 12.1 Å². The summed E-state index contributed by atoms with van der Waals surface area (Å²) in [6.07, 6.45) is 2.83. The van der Waals surface area contributed by atoms with Gasteiger partial charge in [-0.3, -0.25) is 4.79 Å². The Balaban J connectivity index is 2.40. The van der Waals surface area contributed by atoms with E-state index in [4.69, 9.17) is 23.2 Å². The molecule has 0 bridgehead atoms. The summed E-state index contributed by atoms with van der Waals surface area (Å²) in [5.41, 5.74) is -0.00511. The molecule has 0 aliphatic heterocycles. The van der Waals surface area contributed by atoms with Crippen LogP contribution in [0, 0.1) is 3.57 Å². The van der Waals surface area contributed by atoms with E-state index < -0.39 is 5.56 Å². The first-order valence-electron chi connectivity index (χ1n) is 5.42. The summed E-state index contributed by atoms with van der Waals surface area (Å²) in [6.45, 7) is 0. The smallest absolute Gasteiger partial charge is 0.278 e. The monoisotopic (exact) mass is 421 g/mol. The summed E-state index contributed by atoms with van der Waals surface area (Å²) in [6, 6.07) is 3.29. The molecule has 2 heterocycles. The van der Waals surface area contributed by atoms with Gasteiger partial charge in [-0.2, -0.15) is 5.10 Å². The molecule has 0 saturated carbocycles. The SMILES string of the molecule is O=c1[nH]c2cc(Cl)c(I)cc2c(O)c1-n1cc(Cl)cn1. The van der Waals surface area contributed by atoms with Gasteiger partial charge >= 0.3 is 0 Å². The van der Waals surface area contributed by atoms with Crippen LogP contribution in [0.1, 0.15) is 0 Å². The van der Waals surface area contributed by atoms with Crippen molar-refractivity contribution in [3.63, 3.8) is 0 Å². The van der Waals surface area contributed by atoms with Crippen LogP contribution in [0.5, 0.6) is 5.75 Å². The maximum atomic E-state index is 12.1. The molecule has 3 rings (SSSR count). The van der Waals surface area contributed by atoms with Crippen LogP contribution in [0.25, 0.3) is 16.6 Å². The van der Waals surface area contributed by atoms with Crippen LogP contribution in [-0.2, 0) is 0 Å². The van der Waals surface area contributed by atoms with Gasteiger partial charge < -0.3 is 10.1 Å². The minimum absolute atomic E-state index is 0.0162. The molecule has 0 unspecified atom stereocenters. The molecule has 3 aromatic rings. The van der Waals surface area contributed by atoms with Crippen molar-refractivity contribution in [1.82, 2.24) is 14.8 Å². The van der Waals surface area contributed by atoms with E-state index in [0.29, 0.717) is 20.9 Å². The van der Waals surface area contributed by atoms with Crippen molar-refractivity contribution in [3.05, 3.63) is 48.5 Å². The first kappa shape index (κ1) is 13.7. The number of nitrogens with one attached hydrogen (secondary N) is 1. The lowest BCUT2D eigenvalue weighted by Gasteiger charge is -2.08. The molecule has 0 saturated heterocycles. The quantitative estimate of drug-likeness (QED) is 0.592. The van der Waals surface area contributed by atoms with Crippen LogP contribution in [0.4, 0.5) is 0 Å². The van der Waals surface area contributed by atoms with Gasteiger partial charge in [0.1, 0.15) is 0 Å². The first-order valence-corrected chi connectivity index (χ1v) is 7.25. The third-order valence-corrected chi connectivity index (χ3v) is 4.50. The Hall–Kier alpha value is -1.25. The summed E-state index contributed by atoms with van der Waals surface area (Å²) in [5.74, 6) is -0.168. The molecule has 1 aromatic carbocycles. The molecule has 0 aliphatic rings. The highest BCUT2D eigenvalue weighted by atomic mass is 127. The maximum Gasteiger partial charge on any atom is 0.278 e. The number of H-pyrrole nitrogens is 1. The predicted molar refractivity (Wildman–Crippen MR) is 86.1 cm³/mol. The Labute approximate surface area is 136 Å². The van der Waals surface area contributed by atoms with Gasteiger partial charge in [-0.05, 0) is 34.7 Å². The van der Waals surface area contributed by atoms with Crippen molar-refractivity contribution in [2.75, 3.05) is 0 Å². The zero-order valence-electron chi connectivity index (χ0n) is 9.69. The van der Waals surface area contributed by atoms with E-state index in [9.17, 15) is 9.90 Å². The Morgan fingerprint density at radius 3 is 2.75 bits per heavy atom. The lowest BCUT2D eigenvalue weighted by Crippen LogP contribution is -2.15. The van der Waals surface area contributed by atoms with Crippen LogP contribution in [0.2, 0.25) is 10.0 Å². The number of pyridine rings is 1. The van der Waals surface area contributed by atoms with Gasteiger partial charge in [0.25, 0.3) is 5.56 Å². The van der Waals surface area contributed by atoms with Gasteiger partial charge in [-0.25, -0.2) is 4.68 Å². The number of aromatic hydroxyl groups is 1. The fourth-order valence-corrected chi connectivity index (χ4v) is 2.67. The highest BCUT2D eigenvalue weighted by molar-refractivity contribution is 14.1. The number of rotatable bonds is 1. The second kappa shape index (κ2) is 4.94. The zero-order chi connectivity index (χ0) is 14.4. The summed E-state index contributed by atoms with van der Waals surface area (Å²) in [5, 5.41) is 15.6. The Bertz CT molecular complexity index is 888. The van der Waals surface area contributed by atoms with E-state index >= 15 is 0 Å². The molecule has 8 heteroatoms. The van der Waals surface area contributed by atoms with Gasteiger partial charge in [0.15, 0.2) is 11.4 Å². The summed E-state index contributed by atoms with van der Waals surface area (Å²) >= 11 is 13.8. The number of halogens is 3. The average molecular weight is 422 g/mol. The highest BCUT2D eigenvalue weighted by Gasteiger charge is 2.16. The minimum Gasteiger partial charge on any atom is -0.505 e. The van der Waals surface area contributed by atoms with E-state index in [-0.39, 0.29) is 11.4 Å². The first-order chi connectivity index (χ1) is 9.47. The molecule has 2 aromatic heterocycles. The number of hydrogen-bond donors (Lipinski definition) is 2. The van der Waals surface area contributed by atoms with Crippen molar-refractivity contribution in [1.29, 1.82) is 0 Å². The van der Waals surface area contributed by atoms with Crippen LogP contribution in [-0.4, -0.2) is 19.9 Å². The van der Waals surface area contributed by atoms with Crippen molar-refractivity contribution in [2.45, 2.75) is 0 Å². The van der Waals surface area contributed by atoms with Crippen LogP contribution >= 0.6 is 45.8 Å². The maximum absolute atomic E-state index is 12.1. The topological polar surface area (TPSA) is 70.9 Å². The molecule has 102 valence electrons. The lowest BCUT2D eigenvalue weighted by molar-refractivity contribution is 0.475. The van der Waals surface area contributed by atoms with Crippen LogP contribution < -0.4 is 5.56 Å². The van der Waals surface area contributed by atoms with Gasteiger partial charge in [0, 0.05) is 15.2 Å². The van der Waals surface area contributed by atoms with Crippen molar-refractivity contribution in [3.8, 4) is 11.4 Å². The second-order valence-electron chi connectivity index (χ2n) is 4.07. The van der Waals surface area contributed by atoms with Crippen LogP contribution in [0.3, 0.4) is 0 Å².